The van der Waals surface area contributed by atoms with Gasteiger partial charge in [-0.15, -0.1) is 0 Å². The molecule has 1 atom stereocenters. The number of carbonyl (C=O) groups excluding carboxylic acids is 2. The molecule has 0 saturated heterocycles. The van der Waals surface area contributed by atoms with Gasteiger partial charge in [0.2, 0.25) is 5.91 Å². The van der Waals surface area contributed by atoms with E-state index in [1.807, 2.05) is 4.90 Å². The zero-order chi connectivity index (χ0) is 12.6. The van der Waals surface area contributed by atoms with Crippen molar-refractivity contribution < 1.29 is 14.3 Å². The summed E-state index contributed by atoms with van der Waals surface area (Å²) < 4.78 is 4.59. The molecule has 0 aromatic rings. The first-order chi connectivity index (χ1) is 7.51. The van der Waals surface area contributed by atoms with Gasteiger partial charge in [0, 0.05) is 6.54 Å². The summed E-state index contributed by atoms with van der Waals surface area (Å²) in [5.74, 6) is -0.730. The van der Waals surface area contributed by atoms with E-state index in [9.17, 15) is 9.59 Å². The van der Waals surface area contributed by atoms with Crippen LogP contribution < -0.4 is 5.73 Å². The number of halogens is 1. The third-order valence-corrected chi connectivity index (χ3v) is 2.75. The molecular weight excluding hydrogens is 276 g/mol. The number of alkyl halides is 1. The number of hydrogen-bond acceptors (Lipinski definition) is 4. The molecule has 0 rings (SSSR count). The van der Waals surface area contributed by atoms with E-state index in [1.165, 1.54) is 7.11 Å². The lowest BCUT2D eigenvalue weighted by atomic mass is 10.3. The maximum atomic E-state index is 11.2. The van der Waals surface area contributed by atoms with E-state index in [1.54, 1.807) is 0 Å². The number of rotatable bonds is 8. The third kappa shape index (κ3) is 6.79. The molecule has 6 heteroatoms. The molecule has 0 fully saturated rings. The smallest absolute Gasteiger partial charge is 0.320 e. The van der Waals surface area contributed by atoms with Crippen molar-refractivity contribution in [1.29, 1.82) is 0 Å². The van der Waals surface area contributed by atoms with Crippen molar-refractivity contribution >= 4 is 27.8 Å². The van der Waals surface area contributed by atoms with Crippen LogP contribution in [0, 0.1) is 0 Å². The number of unbranched alkanes of at least 4 members (excludes halogenated alkanes) is 1. The van der Waals surface area contributed by atoms with Crippen molar-refractivity contribution in [2.75, 3.05) is 26.7 Å². The van der Waals surface area contributed by atoms with Crippen LogP contribution in [-0.2, 0) is 14.3 Å². The summed E-state index contributed by atoms with van der Waals surface area (Å²) in [6.07, 6.45) is 1.99. The van der Waals surface area contributed by atoms with Crippen LogP contribution in [-0.4, -0.2) is 48.3 Å². The zero-order valence-corrected chi connectivity index (χ0v) is 11.3. The van der Waals surface area contributed by atoms with Gasteiger partial charge in [-0.25, -0.2) is 0 Å². The highest BCUT2D eigenvalue weighted by molar-refractivity contribution is 9.10. The minimum Gasteiger partial charge on any atom is -0.468 e. The molecule has 0 radical (unpaired) electrons. The van der Waals surface area contributed by atoms with E-state index in [0.29, 0.717) is 6.54 Å². The first-order valence-corrected chi connectivity index (χ1v) is 6.15. The van der Waals surface area contributed by atoms with Crippen molar-refractivity contribution in [3.63, 3.8) is 0 Å². The normalized spacial score (nSPS) is 12.5. The summed E-state index contributed by atoms with van der Waals surface area (Å²) in [7, 11) is 1.33. The molecule has 0 bridgehead atoms. The van der Waals surface area contributed by atoms with Gasteiger partial charge in [0.1, 0.15) is 4.83 Å². The first kappa shape index (κ1) is 15.4. The van der Waals surface area contributed by atoms with Crippen LogP contribution in [0.3, 0.4) is 0 Å². The van der Waals surface area contributed by atoms with E-state index in [-0.39, 0.29) is 18.4 Å². The minimum absolute atomic E-state index is 0.166. The Morgan fingerprint density at radius 2 is 2.12 bits per heavy atom. The van der Waals surface area contributed by atoms with E-state index in [0.717, 1.165) is 19.4 Å². The molecule has 1 unspecified atom stereocenters. The number of nitrogens with zero attached hydrogens (tertiary/aromatic N) is 1. The Balaban J connectivity index is 4.17. The molecule has 1 amide bonds. The predicted octanol–water partition coefficient (Wildman–Crippen LogP) is 0.510. The highest BCUT2D eigenvalue weighted by Gasteiger charge is 2.19. The summed E-state index contributed by atoms with van der Waals surface area (Å²) in [6, 6.07) is 0. The van der Waals surface area contributed by atoms with Gasteiger partial charge in [-0.2, -0.15) is 0 Å². The topological polar surface area (TPSA) is 72.6 Å². The number of hydrogen-bond donors (Lipinski definition) is 1. The summed E-state index contributed by atoms with van der Waals surface area (Å²) in [5, 5.41) is 0. The predicted molar refractivity (Wildman–Crippen MR) is 65.3 cm³/mol. The van der Waals surface area contributed by atoms with Gasteiger partial charge in [-0.05, 0) is 13.0 Å². The molecule has 0 spiro atoms. The van der Waals surface area contributed by atoms with Crippen molar-refractivity contribution in [1.82, 2.24) is 4.90 Å². The lowest BCUT2D eigenvalue weighted by molar-refractivity contribution is -0.140. The molecule has 0 heterocycles. The Hall–Kier alpha value is -0.620. The average molecular weight is 295 g/mol. The number of ether oxygens (including phenoxy) is 1. The number of methoxy groups -OCH3 is 1. The molecule has 94 valence electrons. The number of carbonyl (C=O) groups is 2. The molecule has 0 aliphatic carbocycles. The largest absolute Gasteiger partial charge is 0.468 e. The lowest BCUT2D eigenvalue weighted by Gasteiger charge is -2.22. The van der Waals surface area contributed by atoms with Gasteiger partial charge in [-0.3, -0.25) is 14.5 Å². The maximum Gasteiger partial charge on any atom is 0.320 e. The van der Waals surface area contributed by atoms with Crippen LogP contribution in [0.2, 0.25) is 0 Å². The van der Waals surface area contributed by atoms with Crippen LogP contribution in [0.25, 0.3) is 0 Å². The van der Waals surface area contributed by atoms with Crippen LogP contribution in [0.1, 0.15) is 19.8 Å². The molecule has 0 aliphatic rings. The highest BCUT2D eigenvalue weighted by Crippen LogP contribution is 2.06. The molecule has 5 nitrogen and oxygen atoms in total. The van der Waals surface area contributed by atoms with Gasteiger partial charge in [-0.1, -0.05) is 29.3 Å². The standard InChI is InChI=1S/C10H19BrN2O3/c1-3-4-5-13(7-9(12)14)6-8(11)10(15)16-2/h8H,3-7H2,1-2H3,(H2,12,14). The van der Waals surface area contributed by atoms with E-state index in [4.69, 9.17) is 5.73 Å². The van der Waals surface area contributed by atoms with Gasteiger partial charge in [0.25, 0.3) is 0 Å². The first-order valence-electron chi connectivity index (χ1n) is 5.23. The minimum atomic E-state index is -0.422. The fourth-order valence-electron chi connectivity index (χ4n) is 1.27. The Kier molecular flexibility index (Phi) is 8.19. The molecule has 0 aromatic carbocycles. The SMILES string of the molecule is CCCCN(CC(N)=O)CC(Br)C(=O)OC. The second-order valence-electron chi connectivity index (χ2n) is 3.55. The zero-order valence-electron chi connectivity index (χ0n) is 9.74. The van der Waals surface area contributed by atoms with Gasteiger partial charge >= 0.3 is 5.97 Å². The molecule has 2 N–H and O–H groups in total. The lowest BCUT2D eigenvalue weighted by Crippen LogP contribution is -2.40. The Bertz CT molecular complexity index is 236. The Labute approximate surface area is 104 Å². The number of esters is 1. The van der Waals surface area contributed by atoms with Crippen LogP contribution in [0.4, 0.5) is 0 Å². The summed E-state index contributed by atoms with van der Waals surface area (Å²) in [5.41, 5.74) is 5.14. The number of amides is 1. The van der Waals surface area contributed by atoms with Crippen molar-refractivity contribution in [2.45, 2.75) is 24.6 Å². The second-order valence-corrected chi connectivity index (χ2v) is 4.65. The molecule has 0 aromatic heterocycles. The molecule has 0 aliphatic heterocycles. The maximum absolute atomic E-state index is 11.2. The van der Waals surface area contributed by atoms with E-state index >= 15 is 0 Å². The monoisotopic (exact) mass is 294 g/mol. The highest BCUT2D eigenvalue weighted by atomic mass is 79.9. The van der Waals surface area contributed by atoms with Gasteiger partial charge in [0.05, 0.1) is 13.7 Å². The van der Waals surface area contributed by atoms with E-state index < -0.39 is 4.83 Å². The second kappa shape index (κ2) is 8.52. The third-order valence-electron chi connectivity index (χ3n) is 2.08. The van der Waals surface area contributed by atoms with Crippen molar-refractivity contribution in [3.05, 3.63) is 0 Å². The number of primary amides is 1. The fraction of sp³-hybridized carbons (Fsp3) is 0.800. The Morgan fingerprint density at radius 1 is 1.50 bits per heavy atom. The molecular formula is C10H19BrN2O3. The van der Waals surface area contributed by atoms with Crippen LogP contribution >= 0.6 is 15.9 Å². The number of nitrogens with two attached hydrogens (primary N) is 1. The quantitative estimate of drug-likeness (QED) is 0.523. The van der Waals surface area contributed by atoms with E-state index in [2.05, 4.69) is 27.6 Å². The average Bonchev–Trinajstić information content (AvgIpc) is 2.23. The van der Waals surface area contributed by atoms with Crippen LogP contribution in [0.15, 0.2) is 0 Å². The van der Waals surface area contributed by atoms with Gasteiger partial charge < -0.3 is 10.5 Å². The van der Waals surface area contributed by atoms with Gasteiger partial charge in [0.15, 0.2) is 0 Å². The molecule has 0 saturated carbocycles. The van der Waals surface area contributed by atoms with Crippen LogP contribution in [0.5, 0.6) is 0 Å². The summed E-state index contributed by atoms with van der Waals surface area (Å²) >= 11 is 3.22. The summed E-state index contributed by atoms with van der Waals surface area (Å²) in [6.45, 7) is 3.40. The molecule has 16 heavy (non-hydrogen) atoms. The Morgan fingerprint density at radius 3 is 2.56 bits per heavy atom. The van der Waals surface area contributed by atoms with Crippen molar-refractivity contribution in [3.8, 4) is 0 Å². The fourth-order valence-corrected chi connectivity index (χ4v) is 1.86. The van der Waals surface area contributed by atoms with Crippen molar-refractivity contribution in [2.24, 2.45) is 5.73 Å². The summed E-state index contributed by atoms with van der Waals surface area (Å²) in [4.78, 5) is 23.5.